The molecule has 0 spiro atoms. The number of rotatable bonds is 6. The molecule has 0 saturated heterocycles. The van der Waals surface area contributed by atoms with Crippen LogP contribution in [0.3, 0.4) is 0 Å². The molecule has 0 aliphatic heterocycles. The van der Waals surface area contributed by atoms with Crippen LogP contribution in [0.4, 0.5) is 5.00 Å². The lowest BCUT2D eigenvalue weighted by Gasteiger charge is -2.13. The van der Waals surface area contributed by atoms with Crippen LogP contribution in [-0.4, -0.2) is 23.1 Å². The molecule has 0 aliphatic carbocycles. The summed E-state index contributed by atoms with van der Waals surface area (Å²) in [6.07, 6.45) is 1.28. The predicted octanol–water partition coefficient (Wildman–Crippen LogP) is 3.97. The molecule has 0 atom stereocenters. The largest absolute Gasteiger partial charge is 0.490 e. The number of nitrogens with zero attached hydrogens (tertiary/aromatic N) is 2. The van der Waals surface area contributed by atoms with E-state index in [4.69, 9.17) is 4.74 Å². The van der Waals surface area contributed by atoms with Crippen molar-refractivity contribution < 1.29 is 14.5 Å². The van der Waals surface area contributed by atoms with Gasteiger partial charge in [0.25, 0.3) is 5.91 Å². The van der Waals surface area contributed by atoms with Crippen LogP contribution in [0.1, 0.15) is 29.1 Å². The molecule has 24 heavy (non-hydrogen) atoms. The molecule has 0 unspecified atom stereocenters. The molecule has 0 radical (unpaired) electrons. The number of benzene rings is 1. The van der Waals surface area contributed by atoms with Gasteiger partial charge in [-0.15, -0.1) is 0 Å². The molecule has 0 fully saturated rings. The molecule has 1 amide bonds. The Morgan fingerprint density at radius 1 is 1.42 bits per heavy atom. The summed E-state index contributed by atoms with van der Waals surface area (Å²) in [5.41, 5.74) is 2.73. The highest BCUT2D eigenvalue weighted by Gasteiger charge is 2.14. The number of amides is 1. The molecule has 0 saturated carbocycles. The van der Waals surface area contributed by atoms with Crippen LogP contribution in [0.25, 0.3) is 0 Å². The molecule has 1 aromatic heterocycles. The molecular weight excluding hydrogens is 398 g/mol. The summed E-state index contributed by atoms with van der Waals surface area (Å²) in [6.45, 7) is 3.73. The number of nitro groups is 1. The molecule has 7 nitrogen and oxygen atoms in total. The zero-order valence-corrected chi connectivity index (χ0v) is 15.3. The van der Waals surface area contributed by atoms with Gasteiger partial charge in [0.1, 0.15) is 5.75 Å². The lowest BCUT2D eigenvalue weighted by molar-refractivity contribution is -0.380. The van der Waals surface area contributed by atoms with Crippen LogP contribution >= 0.6 is 27.3 Å². The highest BCUT2D eigenvalue weighted by atomic mass is 79.9. The minimum atomic E-state index is -0.475. The van der Waals surface area contributed by atoms with Crippen molar-refractivity contribution in [3.8, 4) is 5.75 Å². The third kappa shape index (κ3) is 4.87. The number of halogens is 1. The van der Waals surface area contributed by atoms with Crippen LogP contribution < -0.4 is 10.2 Å². The van der Waals surface area contributed by atoms with E-state index >= 15 is 0 Å². The average Bonchev–Trinajstić information content (AvgIpc) is 2.97. The molecule has 2 aromatic rings. The quantitative estimate of drug-likeness (QED) is 0.441. The van der Waals surface area contributed by atoms with E-state index in [0.29, 0.717) is 16.2 Å². The van der Waals surface area contributed by atoms with Crippen molar-refractivity contribution in [1.82, 2.24) is 5.43 Å². The number of thiophene rings is 1. The van der Waals surface area contributed by atoms with Crippen LogP contribution in [0.2, 0.25) is 0 Å². The van der Waals surface area contributed by atoms with E-state index in [2.05, 4.69) is 26.5 Å². The summed E-state index contributed by atoms with van der Waals surface area (Å²) in [4.78, 5) is 23.0. The van der Waals surface area contributed by atoms with Crippen molar-refractivity contribution in [3.05, 3.63) is 55.4 Å². The monoisotopic (exact) mass is 411 g/mol. The molecule has 126 valence electrons. The Labute approximate surface area is 150 Å². The van der Waals surface area contributed by atoms with Gasteiger partial charge in [-0.1, -0.05) is 27.3 Å². The predicted molar refractivity (Wildman–Crippen MR) is 95.9 cm³/mol. The maximum absolute atomic E-state index is 12.3. The average molecular weight is 412 g/mol. The second-order valence-electron chi connectivity index (χ2n) is 4.94. The summed E-state index contributed by atoms with van der Waals surface area (Å²) in [5, 5.41) is 14.5. The molecular formula is C15H14BrN3O4S. The maximum atomic E-state index is 12.3. The van der Waals surface area contributed by atoms with Gasteiger partial charge in [0.2, 0.25) is 0 Å². The van der Waals surface area contributed by atoms with Crippen molar-refractivity contribution in [1.29, 1.82) is 0 Å². The number of ether oxygens (including phenoxy) is 1. The van der Waals surface area contributed by atoms with E-state index in [1.165, 1.54) is 12.3 Å². The van der Waals surface area contributed by atoms with Crippen molar-refractivity contribution in [2.75, 3.05) is 0 Å². The van der Waals surface area contributed by atoms with E-state index < -0.39 is 10.8 Å². The van der Waals surface area contributed by atoms with Gasteiger partial charge >= 0.3 is 5.00 Å². The standard InChI is InChI=1S/C15H14BrN3O4S/c1-9(2)23-13-5-3-10(16)7-12(13)15(20)18-17-8-11-4-6-14(24-11)19(21)22/h3-9H,1-2H3,(H,18,20)/b17-8-. The summed E-state index contributed by atoms with van der Waals surface area (Å²) in [6, 6.07) is 8.06. The van der Waals surface area contributed by atoms with Crippen molar-refractivity contribution in [2.45, 2.75) is 20.0 Å². The molecule has 0 bridgehead atoms. The Balaban J connectivity index is 2.10. The minimum Gasteiger partial charge on any atom is -0.490 e. The van der Waals surface area contributed by atoms with Crippen LogP contribution in [0.5, 0.6) is 5.75 Å². The van der Waals surface area contributed by atoms with Crippen molar-refractivity contribution >= 4 is 44.4 Å². The van der Waals surface area contributed by atoms with Gasteiger partial charge in [0, 0.05) is 10.5 Å². The van der Waals surface area contributed by atoms with Crippen LogP contribution in [0, 0.1) is 10.1 Å². The lowest BCUT2D eigenvalue weighted by atomic mass is 10.2. The Hall–Kier alpha value is -2.26. The topological polar surface area (TPSA) is 93.8 Å². The van der Waals surface area contributed by atoms with Gasteiger partial charge in [0.05, 0.1) is 27.7 Å². The number of hydrazone groups is 1. The van der Waals surface area contributed by atoms with E-state index in [1.807, 2.05) is 13.8 Å². The molecule has 2 rings (SSSR count). The summed E-state index contributed by atoms with van der Waals surface area (Å²) >= 11 is 4.29. The highest BCUT2D eigenvalue weighted by Crippen LogP contribution is 2.24. The third-order valence-corrected chi connectivity index (χ3v) is 4.16. The fourth-order valence-corrected chi connectivity index (χ4v) is 2.82. The fraction of sp³-hybridized carbons (Fsp3) is 0.200. The summed E-state index contributed by atoms with van der Waals surface area (Å²) in [5.74, 6) is 0.0157. The van der Waals surface area contributed by atoms with Gasteiger partial charge in [-0.3, -0.25) is 14.9 Å². The smallest absolute Gasteiger partial charge is 0.324 e. The van der Waals surface area contributed by atoms with Gasteiger partial charge in [-0.25, -0.2) is 5.43 Å². The number of carbonyl (C=O) groups excluding carboxylic acids is 1. The Morgan fingerprint density at radius 3 is 2.79 bits per heavy atom. The van der Waals surface area contributed by atoms with Gasteiger partial charge in [-0.2, -0.15) is 5.10 Å². The first kappa shape index (κ1) is 18.1. The molecule has 1 aromatic carbocycles. The van der Waals surface area contributed by atoms with Crippen LogP contribution in [0.15, 0.2) is 39.9 Å². The molecule has 1 heterocycles. The number of hydrogen-bond acceptors (Lipinski definition) is 6. The summed E-state index contributed by atoms with van der Waals surface area (Å²) in [7, 11) is 0. The maximum Gasteiger partial charge on any atom is 0.324 e. The van der Waals surface area contributed by atoms with Crippen LogP contribution in [-0.2, 0) is 0 Å². The zero-order valence-electron chi connectivity index (χ0n) is 12.9. The molecule has 9 heteroatoms. The Morgan fingerprint density at radius 2 is 2.17 bits per heavy atom. The molecule has 1 N–H and O–H groups in total. The Kier molecular flexibility index (Phi) is 6.04. The minimum absolute atomic E-state index is 0.0161. The first-order valence-electron chi connectivity index (χ1n) is 6.90. The van der Waals surface area contributed by atoms with Gasteiger partial charge in [-0.05, 0) is 38.1 Å². The number of hydrogen-bond donors (Lipinski definition) is 1. The third-order valence-electron chi connectivity index (χ3n) is 2.70. The van der Waals surface area contributed by atoms with Gasteiger partial charge in [0.15, 0.2) is 0 Å². The molecule has 0 aliphatic rings. The Bertz CT molecular complexity index is 789. The fourth-order valence-electron chi connectivity index (χ4n) is 1.76. The number of carbonyl (C=O) groups is 1. The van der Waals surface area contributed by atoms with Crippen molar-refractivity contribution in [2.24, 2.45) is 5.10 Å². The second kappa shape index (κ2) is 8.02. The van der Waals surface area contributed by atoms with E-state index in [-0.39, 0.29) is 11.1 Å². The van der Waals surface area contributed by atoms with E-state index in [1.54, 1.807) is 24.3 Å². The second-order valence-corrected chi connectivity index (χ2v) is 6.95. The first-order chi connectivity index (χ1) is 11.4. The highest BCUT2D eigenvalue weighted by molar-refractivity contribution is 9.10. The first-order valence-corrected chi connectivity index (χ1v) is 8.51. The summed E-state index contributed by atoms with van der Waals surface area (Å²) < 4.78 is 6.35. The zero-order chi connectivity index (χ0) is 17.7. The lowest BCUT2D eigenvalue weighted by Crippen LogP contribution is -2.19. The number of nitrogens with one attached hydrogen (secondary N) is 1. The van der Waals surface area contributed by atoms with E-state index in [0.717, 1.165) is 15.8 Å². The van der Waals surface area contributed by atoms with E-state index in [9.17, 15) is 14.9 Å². The normalized spacial score (nSPS) is 11.0. The van der Waals surface area contributed by atoms with Gasteiger partial charge < -0.3 is 4.74 Å². The van der Waals surface area contributed by atoms with Crippen molar-refractivity contribution in [3.63, 3.8) is 0 Å². The SMILES string of the molecule is CC(C)Oc1ccc(Br)cc1C(=O)N/N=C\c1ccc([N+](=O)[O-])s1.